The lowest BCUT2D eigenvalue weighted by Crippen LogP contribution is -2.52. The van der Waals surface area contributed by atoms with Crippen LogP contribution in [0.2, 0.25) is 0 Å². The topological polar surface area (TPSA) is 29.3 Å². The molecule has 0 aromatic heterocycles. The molecule has 0 aromatic carbocycles. The Labute approximate surface area is 131 Å². The first kappa shape index (κ1) is 15.8. The maximum absolute atomic E-state index is 6.32. The molecule has 2 nitrogen and oxygen atoms in total. The van der Waals surface area contributed by atoms with Crippen molar-refractivity contribution in [3.05, 3.63) is 0 Å². The van der Waals surface area contributed by atoms with Gasteiger partial charge in [0.15, 0.2) is 0 Å². The molecular formula is C19H36N2. The van der Waals surface area contributed by atoms with Crippen molar-refractivity contribution in [3.63, 3.8) is 0 Å². The Morgan fingerprint density at radius 2 is 1.71 bits per heavy atom. The van der Waals surface area contributed by atoms with Crippen molar-refractivity contribution in [2.24, 2.45) is 34.8 Å². The monoisotopic (exact) mass is 292 g/mol. The van der Waals surface area contributed by atoms with Gasteiger partial charge in [0.1, 0.15) is 0 Å². The van der Waals surface area contributed by atoms with Gasteiger partial charge in [-0.2, -0.15) is 0 Å². The van der Waals surface area contributed by atoms with Crippen LogP contribution in [0.3, 0.4) is 0 Å². The summed E-state index contributed by atoms with van der Waals surface area (Å²) >= 11 is 0. The van der Waals surface area contributed by atoms with E-state index < -0.39 is 0 Å². The smallest absolute Gasteiger partial charge is 0.00698 e. The van der Waals surface area contributed by atoms with Crippen LogP contribution in [-0.2, 0) is 0 Å². The lowest BCUT2D eigenvalue weighted by Gasteiger charge is -2.50. The maximum atomic E-state index is 6.32. The Bertz CT molecular complexity index is 351. The van der Waals surface area contributed by atoms with E-state index in [1.54, 1.807) is 0 Å². The van der Waals surface area contributed by atoms with Gasteiger partial charge in [0, 0.05) is 19.1 Å². The Morgan fingerprint density at radius 3 is 2.48 bits per heavy atom. The molecule has 3 aliphatic rings. The van der Waals surface area contributed by atoms with Crippen LogP contribution < -0.4 is 5.73 Å². The first-order valence-corrected chi connectivity index (χ1v) is 9.46. The molecule has 2 saturated carbocycles. The molecule has 0 aromatic rings. The van der Waals surface area contributed by atoms with Crippen LogP contribution in [0.5, 0.6) is 0 Å². The van der Waals surface area contributed by atoms with Gasteiger partial charge < -0.3 is 10.6 Å². The molecular weight excluding hydrogens is 256 g/mol. The molecule has 1 saturated heterocycles. The summed E-state index contributed by atoms with van der Waals surface area (Å²) in [6.45, 7) is 11.4. The second-order valence-corrected chi connectivity index (χ2v) is 8.90. The predicted octanol–water partition coefficient (Wildman–Crippen LogP) is 3.90. The van der Waals surface area contributed by atoms with Crippen molar-refractivity contribution in [2.75, 3.05) is 19.6 Å². The maximum Gasteiger partial charge on any atom is 0.00698 e. The highest BCUT2D eigenvalue weighted by atomic mass is 15.1. The fraction of sp³-hybridized carbons (Fsp3) is 1.00. The summed E-state index contributed by atoms with van der Waals surface area (Å²) < 4.78 is 0. The van der Waals surface area contributed by atoms with Crippen LogP contribution in [-0.4, -0.2) is 30.6 Å². The number of rotatable bonds is 2. The van der Waals surface area contributed by atoms with Gasteiger partial charge in [0.2, 0.25) is 0 Å². The zero-order valence-corrected chi connectivity index (χ0v) is 14.5. The molecule has 3 rings (SSSR count). The van der Waals surface area contributed by atoms with E-state index in [1.807, 2.05) is 0 Å². The number of nitrogens with two attached hydrogens (primary N) is 1. The number of hydrogen-bond donors (Lipinski definition) is 1. The molecule has 2 aliphatic carbocycles. The molecule has 21 heavy (non-hydrogen) atoms. The average Bonchev–Trinajstić information content (AvgIpc) is 2.48. The summed E-state index contributed by atoms with van der Waals surface area (Å²) in [5.74, 6) is 3.57. The summed E-state index contributed by atoms with van der Waals surface area (Å²) in [4.78, 5) is 2.81. The Balaban J connectivity index is 1.59. The largest absolute Gasteiger partial charge is 0.327 e. The lowest BCUT2D eigenvalue weighted by atomic mass is 9.61. The van der Waals surface area contributed by atoms with E-state index in [9.17, 15) is 0 Å². The van der Waals surface area contributed by atoms with Crippen LogP contribution in [0.25, 0.3) is 0 Å². The normalized spacial score (nSPS) is 44.3. The number of hydrogen-bond acceptors (Lipinski definition) is 2. The number of likely N-dealkylation sites (tertiary alicyclic amines) is 1. The molecule has 5 unspecified atom stereocenters. The van der Waals surface area contributed by atoms with E-state index >= 15 is 0 Å². The highest BCUT2D eigenvalue weighted by Gasteiger charge is 2.42. The molecule has 0 amide bonds. The summed E-state index contributed by atoms with van der Waals surface area (Å²) in [6, 6.07) is 0.417. The van der Waals surface area contributed by atoms with E-state index in [-0.39, 0.29) is 0 Å². The SMILES string of the molecule is CC1C(N)CCC(CN2CCC3CCCCC3C2)C1(C)C. The van der Waals surface area contributed by atoms with Crippen molar-refractivity contribution in [3.8, 4) is 0 Å². The number of fused-ring (bicyclic) bond motifs is 1. The minimum atomic E-state index is 0.404. The van der Waals surface area contributed by atoms with Crippen molar-refractivity contribution in [1.82, 2.24) is 4.90 Å². The third kappa shape index (κ3) is 3.17. The third-order valence-electron chi connectivity index (χ3n) is 7.57. The standard InChI is InChI=1S/C19H36N2/c1-14-18(20)9-8-17(19(14,2)3)13-21-11-10-15-6-4-5-7-16(15)12-21/h14-18H,4-13,20H2,1-3H3. The summed E-state index contributed by atoms with van der Waals surface area (Å²) in [5.41, 5.74) is 6.73. The quantitative estimate of drug-likeness (QED) is 0.836. The molecule has 0 bridgehead atoms. The van der Waals surface area contributed by atoms with Crippen LogP contribution in [0.1, 0.15) is 65.7 Å². The highest BCUT2D eigenvalue weighted by Crippen LogP contribution is 2.45. The van der Waals surface area contributed by atoms with Crippen molar-refractivity contribution in [2.45, 2.75) is 71.8 Å². The van der Waals surface area contributed by atoms with Gasteiger partial charge in [0.25, 0.3) is 0 Å². The highest BCUT2D eigenvalue weighted by molar-refractivity contribution is 4.95. The fourth-order valence-electron chi connectivity index (χ4n) is 5.42. The van der Waals surface area contributed by atoms with Gasteiger partial charge in [-0.05, 0) is 61.3 Å². The van der Waals surface area contributed by atoms with Crippen LogP contribution in [0.4, 0.5) is 0 Å². The third-order valence-corrected chi connectivity index (χ3v) is 7.57. The van der Waals surface area contributed by atoms with E-state index in [2.05, 4.69) is 25.7 Å². The Morgan fingerprint density at radius 1 is 1.00 bits per heavy atom. The second kappa shape index (κ2) is 6.20. The van der Waals surface area contributed by atoms with Gasteiger partial charge in [-0.3, -0.25) is 0 Å². The van der Waals surface area contributed by atoms with Crippen molar-refractivity contribution >= 4 is 0 Å². The van der Waals surface area contributed by atoms with Gasteiger partial charge in [-0.1, -0.05) is 40.0 Å². The molecule has 0 spiro atoms. The Kier molecular flexibility index (Phi) is 4.66. The van der Waals surface area contributed by atoms with Gasteiger partial charge >= 0.3 is 0 Å². The molecule has 122 valence electrons. The number of nitrogens with zero attached hydrogens (tertiary/aromatic N) is 1. The van der Waals surface area contributed by atoms with Gasteiger partial charge in [-0.25, -0.2) is 0 Å². The summed E-state index contributed by atoms with van der Waals surface area (Å²) in [7, 11) is 0. The van der Waals surface area contributed by atoms with E-state index in [0.29, 0.717) is 17.4 Å². The van der Waals surface area contributed by atoms with E-state index in [4.69, 9.17) is 5.73 Å². The summed E-state index contributed by atoms with van der Waals surface area (Å²) in [5, 5.41) is 0. The predicted molar refractivity (Wildman–Crippen MR) is 90.1 cm³/mol. The zero-order chi connectivity index (χ0) is 15.0. The molecule has 2 N–H and O–H groups in total. The molecule has 3 fully saturated rings. The Hall–Kier alpha value is -0.0800. The zero-order valence-electron chi connectivity index (χ0n) is 14.5. The first-order chi connectivity index (χ1) is 9.98. The fourth-order valence-corrected chi connectivity index (χ4v) is 5.42. The molecule has 1 aliphatic heterocycles. The van der Waals surface area contributed by atoms with E-state index in [0.717, 1.165) is 17.8 Å². The minimum Gasteiger partial charge on any atom is -0.327 e. The van der Waals surface area contributed by atoms with E-state index in [1.165, 1.54) is 64.6 Å². The van der Waals surface area contributed by atoms with Crippen LogP contribution in [0, 0.1) is 29.1 Å². The summed E-state index contributed by atoms with van der Waals surface area (Å²) in [6.07, 6.45) is 10.0. The minimum absolute atomic E-state index is 0.404. The van der Waals surface area contributed by atoms with Crippen molar-refractivity contribution < 1.29 is 0 Å². The van der Waals surface area contributed by atoms with Crippen molar-refractivity contribution in [1.29, 1.82) is 0 Å². The molecule has 0 radical (unpaired) electrons. The van der Waals surface area contributed by atoms with Gasteiger partial charge in [0.05, 0.1) is 0 Å². The average molecular weight is 293 g/mol. The molecule has 1 heterocycles. The lowest BCUT2D eigenvalue weighted by molar-refractivity contribution is 0.00532. The van der Waals surface area contributed by atoms with Gasteiger partial charge in [-0.15, -0.1) is 0 Å². The molecule has 2 heteroatoms. The van der Waals surface area contributed by atoms with Crippen LogP contribution in [0.15, 0.2) is 0 Å². The van der Waals surface area contributed by atoms with Crippen LogP contribution >= 0.6 is 0 Å². The number of piperidine rings is 1. The molecule has 5 atom stereocenters. The first-order valence-electron chi connectivity index (χ1n) is 9.46. The second-order valence-electron chi connectivity index (χ2n) is 8.90.